The van der Waals surface area contributed by atoms with Gasteiger partial charge in [0.15, 0.2) is 0 Å². The van der Waals surface area contributed by atoms with E-state index in [1.165, 1.54) is 23.6 Å². The lowest BCUT2D eigenvalue weighted by Gasteiger charge is -2.17. The van der Waals surface area contributed by atoms with Crippen molar-refractivity contribution in [2.75, 3.05) is 33.0 Å². The van der Waals surface area contributed by atoms with E-state index in [1.54, 1.807) is 7.11 Å². The maximum absolute atomic E-state index is 12.2. The first-order chi connectivity index (χ1) is 8.39. The minimum Gasteiger partial charge on any atom is -0.385 e. The first kappa shape index (κ1) is 15.4. The number of hydrogen-bond donors (Lipinski definition) is 1. The molecule has 0 aliphatic rings. The smallest absolute Gasteiger partial charge is 0.246 e. The number of nitrogens with zero attached hydrogens (tertiary/aromatic N) is 2. The summed E-state index contributed by atoms with van der Waals surface area (Å²) < 4.78 is 31.2. The summed E-state index contributed by atoms with van der Waals surface area (Å²) in [6, 6.07) is 1.45. The Morgan fingerprint density at radius 1 is 1.56 bits per heavy atom. The predicted molar refractivity (Wildman–Crippen MR) is 72.7 cm³/mol. The number of methoxy groups -OCH3 is 1. The molecule has 8 heteroatoms. The van der Waals surface area contributed by atoms with Crippen LogP contribution in [0.3, 0.4) is 0 Å². The second-order valence-corrected chi connectivity index (χ2v) is 6.64. The second-order valence-electron chi connectivity index (χ2n) is 3.71. The topological polar surface area (TPSA) is 85.5 Å². The van der Waals surface area contributed by atoms with Crippen LogP contribution >= 0.6 is 15.9 Å². The van der Waals surface area contributed by atoms with Crippen LogP contribution in [0.25, 0.3) is 0 Å². The van der Waals surface area contributed by atoms with Gasteiger partial charge in [-0.05, 0) is 28.4 Å². The number of anilines is 1. The molecule has 0 aliphatic carbocycles. The molecule has 18 heavy (non-hydrogen) atoms. The van der Waals surface area contributed by atoms with Crippen molar-refractivity contribution < 1.29 is 13.2 Å². The normalized spacial score (nSPS) is 12.0. The predicted octanol–water partition coefficient (Wildman–Crippen LogP) is 1.08. The third-order valence-electron chi connectivity index (χ3n) is 2.36. The van der Waals surface area contributed by atoms with Gasteiger partial charge >= 0.3 is 0 Å². The minimum atomic E-state index is -3.61. The zero-order chi connectivity index (χ0) is 13.8. The van der Waals surface area contributed by atoms with Gasteiger partial charge in [-0.15, -0.1) is 0 Å². The lowest BCUT2D eigenvalue weighted by molar-refractivity contribution is 0.189. The number of halogens is 1. The maximum Gasteiger partial charge on any atom is 0.246 e. The van der Waals surface area contributed by atoms with Crippen LogP contribution in [-0.2, 0) is 14.8 Å². The van der Waals surface area contributed by atoms with Gasteiger partial charge in [-0.3, -0.25) is 0 Å². The largest absolute Gasteiger partial charge is 0.385 e. The van der Waals surface area contributed by atoms with Crippen LogP contribution in [0.2, 0.25) is 0 Å². The Morgan fingerprint density at radius 2 is 2.22 bits per heavy atom. The summed E-state index contributed by atoms with van der Waals surface area (Å²) in [5.74, 6) is -0.00297. The van der Waals surface area contributed by atoms with Crippen molar-refractivity contribution >= 4 is 31.8 Å². The fraction of sp³-hybridized carbons (Fsp3) is 0.500. The van der Waals surface area contributed by atoms with Crippen LogP contribution in [0.1, 0.15) is 6.42 Å². The van der Waals surface area contributed by atoms with Gasteiger partial charge in [0.2, 0.25) is 10.0 Å². The van der Waals surface area contributed by atoms with Crippen LogP contribution in [0.15, 0.2) is 21.6 Å². The molecule has 0 fully saturated rings. The van der Waals surface area contributed by atoms with Crippen LogP contribution in [0.4, 0.5) is 5.82 Å². The molecular formula is C10H16BrN3O3S. The standard InChI is InChI=1S/C10H16BrN3O3S/c1-14(4-3-5-17-2)18(15,16)9-6-8(11)7-13-10(9)12/h6-7H,3-5H2,1-2H3,(H2,12,13). The molecule has 0 amide bonds. The van der Waals surface area contributed by atoms with Crippen molar-refractivity contribution in [2.45, 2.75) is 11.3 Å². The SMILES string of the molecule is COCCCN(C)S(=O)(=O)c1cc(Br)cnc1N. The van der Waals surface area contributed by atoms with Crippen molar-refractivity contribution in [2.24, 2.45) is 0 Å². The lowest BCUT2D eigenvalue weighted by Crippen LogP contribution is -2.29. The Hall–Kier alpha value is -0.700. The highest BCUT2D eigenvalue weighted by atomic mass is 79.9. The number of rotatable bonds is 6. The molecule has 1 aromatic rings. The van der Waals surface area contributed by atoms with E-state index in [9.17, 15) is 8.42 Å². The van der Waals surface area contributed by atoms with Crippen LogP contribution in [0.5, 0.6) is 0 Å². The van der Waals surface area contributed by atoms with Gasteiger partial charge in [0, 0.05) is 38.0 Å². The molecule has 0 atom stereocenters. The zero-order valence-corrected chi connectivity index (χ0v) is 12.7. The van der Waals surface area contributed by atoms with Gasteiger partial charge in [-0.25, -0.2) is 17.7 Å². The van der Waals surface area contributed by atoms with Crippen molar-refractivity contribution in [3.8, 4) is 0 Å². The number of ether oxygens (including phenoxy) is 1. The molecule has 0 saturated carbocycles. The number of aromatic nitrogens is 1. The Bertz CT molecular complexity index is 507. The van der Waals surface area contributed by atoms with E-state index in [-0.39, 0.29) is 10.7 Å². The molecule has 0 aromatic carbocycles. The third-order valence-corrected chi connectivity index (χ3v) is 4.68. The second kappa shape index (κ2) is 6.46. The molecule has 102 valence electrons. The van der Waals surface area contributed by atoms with Gasteiger partial charge in [0.1, 0.15) is 10.7 Å². The fourth-order valence-corrected chi connectivity index (χ4v) is 3.14. The van der Waals surface area contributed by atoms with E-state index in [0.717, 1.165) is 0 Å². The molecular weight excluding hydrogens is 322 g/mol. The van der Waals surface area contributed by atoms with E-state index >= 15 is 0 Å². The Balaban J connectivity index is 2.95. The molecule has 2 N–H and O–H groups in total. The monoisotopic (exact) mass is 337 g/mol. The van der Waals surface area contributed by atoms with Gasteiger partial charge in [-0.1, -0.05) is 0 Å². The summed E-state index contributed by atoms with van der Waals surface area (Å²) in [6.07, 6.45) is 2.08. The summed E-state index contributed by atoms with van der Waals surface area (Å²) >= 11 is 3.18. The van der Waals surface area contributed by atoms with Gasteiger partial charge in [-0.2, -0.15) is 0 Å². The van der Waals surface area contributed by atoms with E-state index in [4.69, 9.17) is 10.5 Å². The van der Waals surface area contributed by atoms with Crippen LogP contribution < -0.4 is 5.73 Å². The van der Waals surface area contributed by atoms with Crippen molar-refractivity contribution in [3.63, 3.8) is 0 Å². The third kappa shape index (κ3) is 3.64. The van der Waals surface area contributed by atoms with E-state index in [2.05, 4.69) is 20.9 Å². The van der Waals surface area contributed by atoms with Crippen LogP contribution in [-0.4, -0.2) is 45.0 Å². The van der Waals surface area contributed by atoms with E-state index in [1.807, 2.05) is 0 Å². The molecule has 1 rings (SSSR count). The van der Waals surface area contributed by atoms with Gasteiger partial charge in [0.25, 0.3) is 0 Å². The summed E-state index contributed by atoms with van der Waals surface area (Å²) in [7, 11) is -0.533. The number of hydrogen-bond acceptors (Lipinski definition) is 5. The molecule has 0 spiro atoms. The highest BCUT2D eigenvalue weighted by molar-refractivity contribution is 9.10. The number of pyridine rings is 1. The summed E-state index contributed by atoms with van der Waals surface area (Å²) in [6.45, 7) is 0.869. The average molecular weight is 338 g/mol. The van der Waals surface area contributed by atoms with Crippen molar-refractivity contribution in [1.82, 2.24) is 9.29 Å². The van der Waals surface area contributed by atoms with E-state index in [0.29, 0.717) is 24.0 Å². The Morgan fingerprint density at radius 3 is 2.83 bits per heavy atom. The Kier molecular flexibility index (Phi) is 5.51. The highest BCUT2D eigenvalue weighted by Gasteiger charge is 2.23. The molecule has 0 unspecified atom stereocenters. The van der Waals surface area contributed by atoms with Gasteiger partial charge < -0.3 is 10.5 Å². The number of nitrogen functional groups attached to an aromatic ring is 1. The Labute approximate surface area is 115 Å². The molecule has 6 nitrogen and oxygen atoms in total. The first-order valence-corrected chi connectivity index (χ1v) is 7.49. The average Bonchev–Trinajstić information content (AvgIpc) is 2.32. The molecule has 1 heterocycles. The number of nitrogens with two attached hydrogens (primary N) is 1. The van der Waals surface area contributed by atoms with Crippen molar-refractivity contribution in [3.05, 3.63) is 16.7 Å². The molecule has 0 saturated heterocycles. The van der Waals surface area contributed by atoms with E-state index < -0.39 is 10.0 Å². The van der Waals surface area contributed by atoms with Gasteiger partial charge in [0.05, 0.1) is 0 Å². The molecule has 0 bridgehead atoms. The molecule has 0 radical (unpaired) electrons. The first-order valence-electron chi connectivity index (χ1n) is 5.26. The van der Waals surface area contributed by atoms with Crippen LogP contribution in [0, 0.1) is 0 Å². The quantitative estimate of drug-likeness (QED) is 0.785. The highest BCUT2D eigenvalue weighted by Crippen LogP contribution is 2.23. The summed E-state index contributed by atoms with van der Waals surface area (Å²) in [4.78, 5) is 3.84. The molecule has 0 aliphatic heterocycles. The lowest BCUT2D eigenvalue weighted by atomic mass is 10.4. The molecule has 1 aromatic heterocycles. The number of sulfonamides is 1. The summed E-state index contributed by atoms with van der Waals surface area (Å²) in [5.41, 5.74) is 5.61. The van der Waals surface area contributed by atoms with Crippen molar-refractivity contribution in [1.29, 1.82) is 0 Å². The minimum absolute atomic E-state index is 0.00297. The zero-order valence-electron chi connectivity index (χ0n) is 10.3. The maximum atomic E-state index is 12.2. The summed E-state index contributed by atoms with van der Waals surface area (Å²) in [5, 5.41) is 0. The fourth-order valence-electron chi connectivity index (χ4n) is 1.36.